The second-order valence-electron chi connectivity index (χ2n) is 5.20. The Morgan fingerprint density at radius 2 is 1.50 bits per heavy atom. The standard InChI is InChI=1S/C17H27NO4/c1-6-20-14-9-13(17(19)18-11-12(4)5)10-15(21-7-2)16(14)22-8-3/h9-10,12H,6-8,11H2,1-5H3,(H,18,19). The van der Waals surface area contributed by atoms with Crippen LogP contribution in [-0.2, 0) is 0 Å². The Morgan fingerprint density at radius 1 is 1.00 bits per heavy atom. The first-order valence-corrected chi connectivity index (χ1v) is 7.88. The number of carbonyl (C=O) groups excluding carboxylic acids is 1. The lowest BCUT2D eigenvalue weighted by Crippen LogP contribution is -2.27. The van der Waals surface area contributed by atoms with Crippen molar-refractivity contribution in [2.24, 2.45) is 5.92 Å². The van der Waals surface area contributed by atoms with Crippen molar-refractivity contribution in [1.82, 2.24) is 5.32 Å². The minimum atomic E-state index is -0.140. The summed E-state index contributed by atoms with van der Waals surface area (Å²) in [7, 11) is 0. The highest BCUT2D eigenvalue weighted by Gasteiger charge is 2.18. The number of rotatable bonds is 9. The van der Waals surface area contributed by atoms with Crippen LogP contribution in [0.5, 0.6) is 17.2 Å². The maximum atomic E-state index is 12.3. The molecule has 1 aromatic rings. The molecule has 0 fully saturated rings. The topological polar surface area (TPSA) is 56.8 Å². The Kier molecular flexibility index (Phi) is 7.57. The van der Waals surface area contributed by atoms with Gasteiger partial charge in [-0.1, -0.05) is 13.8 Å². The summed E-state index contributed by atoms with van der Waals surface area (Å²) in [6.07, 6.45) is 0. The molecule has 0 aliphatic carbocycles. The summed E-state index contributed by atoms with van der Waals surface area (Å²) in [6.45, 7) is 11.9. The Hall–Kier alpha value is -1.91. The van der Waals surface area contributed by atoms with Crippen molar-refractivity contribution < 1.29 is 19.0 Å². The van der Waals surface area contributed by atoms with Crippen LogP contribution in [-0.4, -0.2) is 32.3 Å². The zero-order valence-electron chi connectivity index (χ0n) is 14.2. The van der Waals surface area contributed by atoms with Gasteiger partial charge in [0, 0.05) is 12.1 Å². The summed E-state index contributed by atoms with van der Waals surface area (Å²) in [6, 6.07) is 3.40. The second kappa shape index (κ2) is 9.18. The molecule has 0 aromatic heterocycles. The molecule has 0 saturated heterocycles. The monoisotopic (exact) mass is 309 g/mol. The van der Waals surface area contributed by atoms with Crippen molar-refractivity contribution >= 4 is 5.91 Å². The van der Waals surface area contributed by atoms with Gasteiger partial charge in [0.25, 0.3) is 5.91 Å². The number of hydrogen-bond donors (Lipinski definition) is 1. The summed E-state index contributed by atoms with van der Waals surface area (Å²) in [5.41, 5.74) is 0.510. The fourth-order valence-electron chi connectivity index (χ4n) is 1.92. The van der Waals surface area contributed by atoms with Crippen LogP contribution >= 0.6 is 0 Å². The normalized spacial score (nSPS) is 10.5. The van der Waals surface area contributed by atoms with E-state index in [0.29, 0.717) is 55.1 Å². The maximum absolute atomic E-state index is 12.3. The van der Waals surface area contributed by atoms with Crippen LogP contribution in [0.1, 0.15) is 45.0 Å². The van der Waals surface area contributed by atoms with E-state index in [4.69, 9.17) is 14.2 Å². The fraction of sp³-hybridized carbons (Fsp3) is 0.588. The third kappa shape index (κ3) is 5.13. The van der Waals surface area contributed by atoms with E-state index in [2.05, 4.69) is 19.2 Å². The molecule has 0 radical (unpaired) electrons. The number of ether oxygens (including phenoxy) is 3. The molecule has 0 aliphatic heterocycles. The first-order chi connectivity index (χ1) is 10.5. The minimum Gasteiger partial charge on any atom is -0.490 e. The molecule has 0 heterocycles. The van der Waals surface area contributed by atoms with Crippen LogP contribution in [0.2, 0.25) is 0 Å². The summed E-state index contributed by atoms with van der Waals surface area (Å²) in [5.74, 6) is 1.87. The van der Waals surface area contributed by atoms with Gasteiger partial charge in [-0.15, -0.1) is 0 Å². The van der Waals surface area contributed by atoms with E-state index in [0.717, 1.165) is 0 Å². The number of benzene rings is 1. The molecular formula is C17H27NO4. The van der Waals surface area contributed by atoms with Crippen LogP contribution in [0.4, 0.5) is 0 Å². The average molecular weight is 309 g/mol. The van der Waals surface area contributed by atoms with Crippen LogP contribution in [0, 0.1) is 5.92 Å². The van der Waals surface area contributed by atoms with Crippen molar-refractivity contribution in [1.29, 1.82) is 0 Å². The van der Waals surface area contributed by atoms with Crippen molar-refractivity contribution in [2.45, 2.75) is 34.6 Å². The van der Waals surface area contributed by atoms with E-state index in [1.165, 1.54) is 0 Å². The lowest BCUT2D eigenvalue weighted by molar-refractivity contribution is 0.0948. The summed E-state index contributed by atoms with van der Waals surface area (Å²) < 4.78 is 16.8. The first kappa shape index (κ1) is 18.1. The van der Waals surface area contributed by atoms with Crippen molar-refractivity contribution in [3.05, 3.63) is 17.7 Å². The minimum absolute atomic E-state index is 0.140. The molecule has 0 saturated carbocycles. The molecule has 1 N–H and O–H groups in total. The predicted octanol–water partition coefficient (Wildman–Crippen LogP) is 3.27. The molecule has 0 bridgehead atoms. The smallest absolute Gasteiger partial charge is 0.251 e. The molecule has 0 atom stereocenters. The van der Waals surface area contributed by atoms with Gasteiger partial charge in [-0.05, 0) is 38.8 Å². The maximum Gasteiger partial charge on any atom is 0.251 e. The lowest BCUT2D eigenvalue weighted by atomic mass is 10.1. The van der Waals surface area contributed by atoms with Gasteiger partial charge in [-0.2, -0.15) is 0 Å². The van der Waals surface area contributed by atoms with E-state index < -0.39 is 0 Å². The van der Waals surface area contributed by atoms with E-state index in [9.17, 15) is 4.79 Å². The highest BCUT2D eigenvalue weighted by molar-refractivity contribution is 5.95. The van der Waals surface area contributed by atoms with E-state index in [1.807, 2.05) is 20.8 Å². The number of hydrogen-bond acceptors (Lipinski definition) is 4. The summed E-state index contributed by atoms with van der Waals surface area (Å²) in [4.78, 5) is 12.3. The highest BCUT2D eigenvalue weighted by Crippen LogP contribution is 2.39. The third-order valence-electron chi connectivity index (χ3n) is 2.84. The molecule has 5 heteroatoms. The Balaban J connectivity index is 3.14. The first-order valence-electron chi connectivity index (χ1n) is 7.88. The molecule has 0 spiro atoms. The number of carbonyl (C=O) groups is 1. The predicted molar refractivity (Wildman–Crippen MR) is 87.1 cm³/mol. The van der Waals surface area contributed by atoms with Crippen molar-refractivity contribution in [2.75, 3.05) is 26.4 Å². The van der Waals surface area contributed by atoms with E-state index in [1.54, 1.807) is 12.1 Å². The van der Waals surface area contributed by atoms with Crippen LogP contribution in [0.3, 0.4) is 0 Å². The molecule has 1 amide bonds. The fourth-order valence-corrected chi connectivity index (χ4v) is 1.92. The van der Waals surface area contributed by atoms with Crippen LogP contribution in [0.15, 0.2) is 12.1 Å². The zero-order chi connectivity index (χ0) is 16.5. The molecule has 124 valence electrons. The van der Waals surface area contributed by atoms with Crippen molar-refractivity contribution in [3.8, 4) is 17.2 Å². The molecule has 22 heavy (non-hydrogen) atoms. The summed E-state index contributed by atoms with van der Waals surface area (Å²) in [5, 5.41) is 2.90. The molecular weight excluding hydrogens is 282 g/mol. The van der Waals surface area contributed by atoms with Gasteiger partial charge in [0.2, 0.25) is 5.75 Å². The van der Waals surface area contributed by atoms with Gasteiger partial charge in [0.1, 0.15) is 0 Å². The lowest BCUT2D eigenvalue weighted by Gasteiger charge is -2.17. The third-order valence-corrected chi connectivity index (χ3v) is 2.84. The largest absolute Gasteiger partial charge is 0.490 e. The van der Waals surface area contributed by atoms with Gasteiger partial charge in [-0.3, -0.25) is 4.79 Å². The van der Waals surface area contributed by atoms with Crippen LogP contribution in [0.25, 0.3) is 0 Å². The Morgan fingerprint density at radius 3 is 1.91 bits per heavy atom. The number of amides is 1. The van der Waals surface area contributed by atoms with Gasteiger partial charge in [-0.25, -0.2) is 0 Å². The Labute approximate surface area is 132 Å². The SMILES string of the molecule is CCOc1cc(C(=O)NCC(C)C)cc(OCC)c1OCC. The van der Waals surface area contributed by atoms with Crippen LogP contribution < -0.4 is 19.5 Å². The molecule has 0 unspecified atom stereocenters. The second-order valence-corrected chi connectivity index (χ2v) is 5.20. The molecule has 0 aliphatic rings. The van der Waals surface area contributed by atoms with Crippen molar-refractivity contribution in [3.63, 3.8) is 0 Å². The van der Waals surface area contributed by atoms with Gasteiger partial charge >= 0.3 is 0 Å². The number of nitrogens with one attached hydrogen (secondary N) is 1. The van der Waals surface area contributed by atoms with Gasteiger partial charge < -0.3 is 19.5 Å². The van der Waals surface area contributed by atoms with E-state index in [-0.39, 0.29) is 5.91 Å². The highest BCUT2D eigenvalue weighted by atomic mass is 16.5. The average Bonchev–Trinajstić information content (AvgIpc) is 2.48. The quantitative estimate of drug-likeness (QED) is 0.760. The summed E-state index contributed by atoms with van der Waals surface area (Å²) >= 11 is 0. The Bertz CT molecular complexity index is 459. The van der Waals surface area contributed by atoms with Gasteiger partial charge in [0.05, 0.1) is 19.8 Å². The molecule has 1 aromatic carbocycles. The van der Waals surface area contributed by atoms with Gasteiger partial charge in [0.15, 0.2) is 11.5 Å². The van der Waals surface area contributed by atoms with E-state index >= 15 is 0 Å². The molecule has 1 rings (SSSR count). The zero-order valence-corrected chi connectivity index (χ0v) is 14.2. The molecule has 5 nitrogen and oxygen atoms in total.